The van der Waals surface area contributed by atoms with Gasteiger partial charge in [0.1, 0.15) is 0 Å². The second kappa shape index (κ2) is 9.33. The van der Waals surface area contributed by atoms with Crippen LogP contribution in [0.5, 0.6) is 0 Å². The van der Waals surface area contributed by atoms with Crippen molar-refractivity contribution in [2.75, 3.05) is 19.6 Å². The summed E-state index contributed by atoms with van der Waals surface area (Å²) in [5.74, 6) is 0.442. The molecule has 1 aromatic carbocycles. The standard InChI is InChI=1S/C19H28N2O2/c1-2-3-9-18(22)21-14-11-17(12-15-21)19(23)20-13-10-16-7-5-4-6-8-16/h4-8,17H,2-3,9-15H2,1H3,(H,20,23). The number of likely N-dealkylation sites (tertiary alicyclic amines) is 1. The lowest BCUT2D eigenvalue weighted by Crippen LogP contribution is -2.43. The van der Waals surface area contributed by atoms with E-state index in [2.05, 4.69) is 24.4 Å². The van der Waals surface area contributed by atoms with E-state index in [1.165, 1.54) is 5.56 Å². The maximum atomic E-state index is 12.2. The van der Waals surface area contributed by atoms with E-state index >= 15 is 0 Å². The third-order valence-electron chi connectivity index (χ3n) is 4.52. The van der Waals surface area contributed by atoms with Crippen LogP contribution in [0.3, 0.4) is 0 Å². The van der Waals surface area contributed by atoms with E-state index in [1.54, 1.807) is 0 Å². The first-order valence-electron chi connectivity index (χ1n) is 8.80. The zero-order chi connectivity index (χ0) is 16.5. The van der Waals surface area contributed by atoms with E-state index in [1.807, 2.05) is 23.1 Å². The second-order valence-corrected chi connectivity index (χ2v) is 6.29. The fourth-order valence-electron chi connectivity index (χ4n) is 3.00. The fraction of sp³-hybridized carbons (Fsp3) is 0.579. The van der Waals surface area contributed by atoms with Gasteiger partial charge in [0.05, 0.1) is 0 Å². The van der Waals surface area contributed by atoms with Crippen LogP contribution in [0.15, 0.2) is 30.3 Å². The fourth-order valence-corrected chi connectivity index (χ4v) is 3.00. The smallest absolute Gasteiger partial charge is 0.223 e. The first-order valence-corrected chi connectivity index (χ1v) is 8.80. The van der Waals surface area contributed by atoms with Gasteiger partial charge in [0.25, 0.3) is 0 Å². The topological polar surface area (TPSA) is 49.4 Å². The van der Waals surface area contributed by atoms with E-state index in [0.29, 0.717) is 13.0 Å². The molecule has 0 aromatic heterocycles. The third-order valence-corrected chi connectivity index (χ3v) is 4.52. The summed E-state index contributed by atoms with van der Waals surface area (Å²) >= 11 is 0. The molecule has 0 bridgehead atoms. The van der Waals surface area contributed by atoms with Gasteiger partial charge in [0.15, 0.2) is 0 Å². The number of nitrogens with one attached hydrogen (secondary N) is 1. The number of hydrogen-bond donors (Lipinski definition) is 1. The quantitative estimate of drug-likeness (QED) is 0.841. The number of carbonyl (C=O) groups is 2. The van der Waals surface area contributed by atoms with Gasteiger partial charge in [0, 0.05) is 32.0 Å². The van der Waals surface area contributed by atoms with Gasteiger partial charge in [-0.15, -0.1) is 0 Å². The van der Waals surface area contributed by atoms with E-state index < -0.39 is 0 Å². The van der Waals surface area contributed by atoms with Crippen molar-refractivity contribution < 1.29 is 9.59 Å². The highest BCUT2D eigenvalue weighted by atomic mass is 16.2. The summed E-state index contributed by atoms with van der Waals surface area (Å²) in [6, 6.07) is 10.2. The molecule has 1 fully saturated rings. The Kier molecular flexibility index (Phi) is 7.11. The Morgan fingerprint density at radius 2 is 1.87 bits per heavy atom. The predicted octanol–water partition coefficient (Wildman–Crippen LogP) is 2.77. The molecule has 1 N–H and O–H groups in total. The van der Waals surface area contributed by atoms with Crippen LogP contribution in [0.25, 0.3) is 0 Å². The van der Waals surface area contributed by atoms with Crippen LogP contribution in [0.1, 0.15) is 44.6 Å². The summed E-state index contributed by atoms with van der Waals surface area (Å²) < 4.78 is 0. The van der Waals surface area contributed by atoms with Crippen molar-refractivity contribution >= 4 is 11.8 Å². The average Bonchev–Trinajstić information content (AvgIpc) is 2.60. The summed E-state index contributed by atoms with van der Waals surface area (Å²) in [7, 11) is 0. The predicted molar refractivity (Wildman–Crippen MR) is 92.0 cm³/mol. The number of piperidine rings is 1. The molecule has 0 saturated carbocycles. The van der Waals surface area contributed by atoms with Gasteiger partial charge in [-0.3, -0.25) is 9.59 Å². The Morgan fingerprint density at radius 1 is 1.17 bits per heavy atom. The molecule has 126 valence electrons. The number of amides is 2. The summed E-state index contributed by atoms with van der Waals surface area (Å²) in [5, 5.41) is 3.04. The highest BCUT2D eigenvalue weighted by Gasteiger charge is 2.26. The van der Waals surface area contributed by atoms with Crippen molar-refractivity contribution in [1.29, 1.82) is 0 Å². The summed E-state index contributed by atoms with van der Waals surface area (Å²) in [6.07, 6.45) is 5.08. The van der Waals surface area contributed by atoms with E-state index in [9.17, 15) is 9.59 Å². The summed E-state index contributed by atoms with van der Waals surface area (Å²) in [5.41, 5.74) is 1.24. The van der Waals surface area contributed by atoms with Crippen LogP contribution in [0.4, 0.5) is 0 Å². The highest BCUT2D eigenvalue weighted by molar-refractivity contribution is 5.80. The van der Waals surface area contributed by atoms with Crippen molar-refractivity contribution in [2.45, 2.75) is 45.4 Å². The molecule has 4 nitrogen and oxygen atoms in total. The molecule has 1 aromatic rings. The molecule has 2 rings (SSSR count). The first-order chi connectivity index (χ1) is 11.2. The highest BCUT2D eigenvalue weighted by Crippen LogP contribution is 2.18. The molecule has 0 atom stereocenters. The van der Waals surface area contributed by atoms with Crippen LogP contribution >= 0.6 is 0 Å². The Hall–Kier alpha value is -1.84. The number of benzene rings is 1. The van der Waals surface area contributed by atoms with Gasteiger partial charge >= 0.3 is 0 Å². The van der Waals surface area contributed by atoms with E-state index in [0.717, 1.165) is 45.2 Å². The molecule has 4 heteroatoms. The summed E-state index contributed by atoms with van der Waals surface area (Å²) in [4.78, 5) is 26.1. The lowest BCUT2D eigenvalue weighted by Gasteiger charge is -2.31. The molecule has 0 radical (unpaired) electrons. The molecule has 0 aliphatic carbocycles. The monoisotopic (exact) mass is 316 g/mol. The lowest BCUT2D eigenvalue weighted by atomic mass is 9.95. The zero-order valence-corrected chi connectivity index (χ0v) is 14.1. The molecule has 1 aliphatic rings. The Balaban J connectivity index is 1.66. The Bertz CT molecular complexity index is 493. The minimum atomic E-state index is 0.0565. The normalized spacial score (nSPS) is 15.4. The summed E-state index contributed by atoms with van der Waals surface area (Å²) in [6.45, 7) is 4.22. The maximum Gasteiger partial charge on any atom is 0.223 e. The number of hydrogen-bond acceptors (Lipinski definition) is 2. The van der Waals surface area contributed by atoms with Crippen molar-refractivity contribution in [3.63, 3.8) is 0 Å². The zero-order valence-electron chi connectivity index (χ0n) is 14.1. The van der Waals surface area contributed by atoms with Crippen molar-refractivity contribution in [2.24, 2.45) is 5.92 Å². The average molecular weight is 316 g/mol. The second-order valence-electron chi connectivity index (χ2n) is 6.29. The first kappa shape index (κ1) is 17.5. The number of carbonyl (C=O) groups excluding carboxylic acids is 2. The van der Waals surface area contributed by atoms with Crippen molar-refractivity contribution in [3.8, 4) is 0 Å². The van der Waals surface area contributed by atoms with Crippen LogP contribution in [-0.2, 0) is 16.0 Å². The molecular formula is C19H28N2O2. The third kappa shape index (κ3) is 5.70. The Labute approximate surface area is 139 Å². The number of nitrogens with zero attached hydrogens (tertiary/aromatic N) is 1. The number of unbranched alkanes of at least 4 members (excludes halogenated alkanes) is 1. The largest absolute Gasteiger partial charge is 0.356 e. The molecule has 1 saturated heterocycles. The SMILES string of the molecule is CCCCC(=O)N1CCC(C(=O)NCCc2ccccc2)CC1. The Morgan fingerprint density at radius 3 is 2.52 bits per heavy atom. The van der Waals surface area contributed by atoms with Crippen LogP contribution < -0.4 is 5.32 Å². The number of rotatable bonds is 7. The van der Waals surface area contributed by atoms with Gasteiger partial charge < -0.3 is 10.2 Å². The molecule has 0 spiro atoms. The maximum absolute atomic E-state index is 12.2. The van der Waals surface area contributed by atoms with Crippen LogP contribution in [-0.4, -0.2) is 36.3 Å². The van der Waals surface area contributed by atoms with Crippen LogP contribution in [0, 0.1) is 5.92 Å². The molecule has 1 aliphatic heterocycles. The van der Waals surface area contributed by atoms with E-state index in [4.69, 9.17) is 0 Å². The van der Waals surface area contributed by atoms with Gasteiger partial charge in [-0.1, -0.05) is 43.7 Å². The van der Waals surface area contributed by atoms with E-state index in [-0.39, 0.29) is 17.7 Å². The minimum absolute atomic E-state index is 0.0565. The van der Waals surface area contributed by atoms with Crippen LogP contribution in [0.2, 0.25) is 0 Å². The van der Waals surface area contributed by atoms with Gasteiger partial charge in [-0.25, -0.2) is 0 Å². The molecule has 2 amide bonds. The van der Waals surface area contributed by atoms with Gasteiger partial charge in [-0.2, -0.15) is 0 Å². The molecule has 23 heavy (non-hydrogen) atoms. The van der Waals surface area contributed by atoms with Gasteiger partial charge in [-0.05, 0) is 31.2 Å². The minimum Gasteiger partial charge on any atom is -0.356 e. The van der Waals surface area contributed by atoms with Gasteiger partial charge in [0.2, 0.25) is 11.8 Å². The molecule has 0 unspecified atom stereocenters. The molecule has 1 heterocycles. The van der Waals surface area contributed by atoms with Crippen molar-refractivity contribution in [1.82, 2.24) is 10.2 Å². The van der Waals surface area contributed by atoms with Crippen molar-refractivity contribution in [3.05, 3.63) is 35.9 Å². The molecular weight excluding hydrogens is 288 g/mol. The lowest BCUT2D eigenvalue weighted by molar-refractivity contribution is -0.135.